The Hall–Kier alpha value is -3.62. The van der Waals surface area contributed by atoms with Crippen LogP contribution in [0.25, 0.3) is 16.7 Å². The van der Waals surface area contributed by atoms with E-state index in [1.807, 2.05) is 11.8 Å². The van der Waals surface area contributed by atoms with Gasteiger partial charge < -0.3 is 40.2 Å². The standard InChI is InChI=1S/C33H47FN8O8S2/c34-22-6-7-25-23(20-22)30(45)41(32-39-40-33(51)42(25)32)11-3-9-35-28(44)8-12-47-14-16-49-18-19-50-17-15-48-13-10-36-27(43)5-2-1-4-26-29-24(21-52-26)37-31(46)38-29/h6-7,20,24,26,29H,1-5,8-19,21H2,(H,35,44)(H,36,43)(H,40,51)(H2,37,38,46). The third-order valence-electron chi connectivity index (χ3n) is 8.69. The summed E-state index contributed by atoms with van der Waals surface area (Å²) < 4.78 is 39.1. The molecule has 52 heavy (non-hydrogen) atoms. The van der Waals surface area contributed by atoms with Gasteiger partial charge in [0.2, 0.25) is 22.4 Å². The molecule has 5 N–H and O–H groups in total. The van der Waals surface area contributed by atoms with Crippen molar-refractivity contribution in [3.63, 3.8) is 0 Å². The third-order valence-corrected chi connectivity index (χ3v) is 10.5. The number of hydrogen-bond donors (Lipinski definition) is 5. The third kappa shape index (κ3) is 11.4. The molecule has 16 nitrogen and oxygen atoms in total. The lowest BCUT2D eigenvalue weighted by Gasteiger charge is -2.16. The summed E-state index contributed by atoms with van der Waals surface area (Å²) in [6.45, 7) is 4.05. The molecular weight excluding hydrogens is 720 g/mol. The van der Waals surface area contributed by atoms with Gasteiger partial charge in [-0.2, -0.15) is 11.8 Å². The normalized spacial score (nSPS) is 18.1. The van der Waals surface area contributed by atoms with Crippen molar-refractivity contribution in [3.8, 4) is 0 Å². The van der Waals surface area contributed by atoms with E-state index in [1.165, 1.54) is 22.8 Å². The largest absolute Gasteiger partial charge is 0.379 e. The molecule has 5 rings (SSSR count). The highest BCUT2D eigenvalue weighted by molar-refractivity contribution is 8.00. The summed E-state index contributed by atoms with van der Waals surface area (Å²) in [7, 11) is 0. The Kier molecular flexibility index (Phi) is 15.7. The van der Waals surface area contributed by atoms with Crippen molar-refractivity contribution >= 4 is 58.5 Å². The van der Waals surface area contributed by atoms with Crippen LogP contribution in [-0.4, -0.2) is 126 Å². The highest BCUT2D eigenvalue weighted by Crippen LogP contribution is 2.33. The number of benzene rings is 1. The van der Waals surface area contributed by atoms with E-state index in [0.717, 1.165) is 25.0 Å². The second kappa shape index (κ2) is 20.6. The van der Waals surface area contributed by atoms with Crippen LogP contribution in [0.5, 0.6) is 0 Å². The number of aromatic nitrogens is 4. The van der Waals surface area contributed by atoms with Gasteiger partial charge >= 0.3 is 6.03 Å². The van der Waals surface area contributed by atoms with E-state index in [0.29, 0.717) is 93.5 Å². The van der Waals surface area contributed by atoms with Gasteiger partial charge in [0.15, 0.2) is 0 Å². The Morgan fingerprint density at radius 3 is 2.37 bits per heavy atom. The lowest BCUT2D eigenvalue weighted by Crippen LogP contribution is -2.36. The number of fused-ring (bicyclic) bond motifs is 4. The van der Waals surface area contributed by atoms with E-state index in [2.05, 4.69) is 31.5 Å². The Morgan fingerprint density at radius 2 is 1.60 bits per heavy atom. The first-order valence-corrected chi connectivity index (χ1v) is 19.1. The molecule has 0 saturated carbocycles. The van der Waals surface area contributed by atoms with E-state index < -0.39 is 5.82 Å². The van der Waals surface area contributed by atoms with E-state index in [9.17, 15) is 23.6 Å². The summed E-state index contributed by atoms with van der Waals surface area (Å²) in [6, 6.07) is 4.31. The molecule has 0 radical (unpaired) electrons. The molecule has 0 spiro atoms. The van der Waals surface area contributed by atoms with Crippen LogP contribution in [0.4, 0.5) is 9.18 Å². The SMILES string of the molecule is O=C(CCCCC1SCC2NC(=O)NC21)NCCOCCOCCOCCOCCC(=O)NCCCn1c(=O)c2cc(F)ccc2n2c(=S)[nH]nc12. The van der Waals surface area contributed by atoms with Crippen LogP contribution in [0.3, 0.4) is 0 Å². The zero-order valence-electron chi connectivity index (χ0n) is 29.0. The fourth-order valence-electron chi connectivity index (χ4n) is 6.10. The number of ether oxygens (including phenoxy) is 4. The van der Waals surface area contributed by atoms with Crippen LogP contribution >= 0.6 is 24.0 Å². The summed E-state index contributed by atoms with van der Waals surface area (Å²) in [5, 5.41) is 19.1. The average Bonchev–Trinajstić information content (AvgIpc) is 3.81. The Morgan fingerprint density at radius 1 is 0.904 bits per heavy atom. The number of unbranched alkanes of at least 4 members (excludes halogenated alkanes) is 1. The molecular formula is C33H47FN8O8S2. The van der Waals surface area contributed by atoms with Gasteiger partial charge in [0.05, 0.1) is 75.8 Å². The summed E-state index contributed by atoms with van der Waals surface area (Å²) >= 11 is 7.18. The predicted octanol–water partition coefficient (Wildman–Crippen LogP) is 1.65. The molecule has 1 aromatic carbocycles. The number of nitrogens with one attached hydrogen (secondary N) is 5. The van der Waals surface area contributed by atoms with Crippen LogP contribution in [0.15, 0.2) is 23.0 Å². The molecule has 2 fully saturated rings. The fraction of sp³-hybridized carbons (Fsp3) is 0.636. The van der Waals surface area contributed by atoms with Crippen molar-refractivity contribution in [2.24, 2.45) is 0 Å². The fourth-order valence-corrected chi connectivity index (χ4v) is 7.87. The Labute approximate surface area is 309 Å². The maximum atomic E-state index is 13.9. The molecule has 3 atom stereocenters. The maximum Gasteiger partial charge on any atom is 0.315 e. The van der Waals surface area contributed by atoms with E-state index in [4.69, 9.17) is 31.2 Å². The van der Waals surface area contributed by atoms with Crippen LogP contribution in [0, 0.1) is 10.6 Å². The number of amides is 4. The number of halogens is 1. The van der Waals surface area contributed by atoms with Crippen molar-refractivity contribution in [2.75, 3.05) is 71.7 Å². The molecule has 2 aliphatic rings. The number of thioether (sulfide) groups is 1. The number of rotatable bonds is 24. The highest BCUT2D eigenvalue weighted by Gasteiger charge is 2.42. The molecule has 2 saturated heterocycles. The first-order valence-electron chi connectivity index (χ1n) is 17.6. The molecule has 286 valence electrons. The lowest BCUT2D eigenvalue weighted by atomic mass is 10.0. The van der Waals surface area contributed by atoms with Crippen LogP contribution < -0.4 is 26.8 Å². The molecule has 2 aromatic heterocycles. The molecule has 3 unspecified atom stereocenters. The van der Waals surface area contributed by atoms with Crippen LogP contribution in [0.1, 0.15) is 38.5 Å². The van der Waals surface area contributed by atoms with Gasteiger partial charge in [-0.25, -0.2) is 14.3 Å². The van der Waals surface area contributed by atoms with Crippen molar-refractivity contribution in [2.45, 2.75) is 62.4 Å². The van der Waals surface area contributed by atoms with Crippen molar-refractivity contribution < 1.29 is 37.7 Å². The first kappa shape index (κ1) is 39.6. The second-order valence-electron chi connectivity index (χ2n) is 12.4. The van der Waals surface area contributed by atoms with Gasteiger partial charge in [-0.3, -0.25) is 23.4 Å². The van der Waals surface area contributed by atoms with Gasteiger partial charge in [0.1, 0.15) is 5.82 Å². The molecule has 2 aliphatic heterocycles. The minimum atomic E-state index is -0.522. The quantitative estimate of drug-likeness (QED) is 0.0507. The topological polar surface area (TPSA) is 191 Å². The van der Waals surface area contributed by atoms with E-state index in [-0.39, 0.29) is 60.4 Å². The zero-order chi connectivity index (χ0) is 36.7. The average molecular weight is 767 g/mol. The number of aromatic amines is 1. The van der Waals surface area contributed by atoms with Gasteiger partial charge in [0.25, 0.3) is 5.56 Å². The zero-order valence-corrected chi connectivity index (χ0v) is 30.6. The number of H-pyrrole nitrogens is 1. The Bertz CT molecular complexity index is 1770. The summed E-state index contributed by atoms with van der Waals surface area (Å²) in [6.07, 6.45) is 3.89. The molecule has 4 heterocycles. The smallest absolute Gasteiger partial charge is 0.315 e. The lowest BCUT2D eigenvalue weighted by molar-refractivity contribution is -0.122. The summed E-state index contributed by atoms with van der Waals surface area (Å²) in [4.78, 5) is 48.8. The minimum Gasteiger partial charge on any atom is -0.379 e. The number of aryl methyl sites for hydroxylation is 1. The number of hydrogen-bond acceptors (Lipinski definition) is 11. The van der Waals surface area contributed by atoms with Crippen molar-refractivity contribution in [1.29, 1.82) is 0 Å². The number of nitrogens with zero attached hydrogens (tertiary/aromatic N) is 3. The summed E-state index contributed by atoms with van der Waals surface area (Å²) in [5.41, 5.74) is 0.0847. The molecule has 4 amide bonds. The summed E-state index contributed by atoms with van der Waals surface area (Å²) in [5.74, 6) is 0.585. The van der Waals surface area contributed by atoms with E-state index in [1.54, 1.807) is 4.40 Å². The number of carbonyl (C=O) groups is 3. The number of urea groups is 1. The predicted molar refractivity (Wildman–Crippen MR) is 195 cm³/mol. The molecule has 3 aromatic rings. The Balaban J connectivity index is 0.785. The number of carbonyl (C=O) groups excluding carboxylic acids is 3. The van der Waals surface area contributed by atoms with Crippen LogP contribution in [0.2, 0.25) is 0 Å². The van der Waals surface area contributed by atoms with Crippen LogP contribution in [-0.2, 0) is 35.1 Å². The van der Waals surface area contributed by atoms with Gasteiger partial charge in [-0.15, -0.1) is 5.10 Å². The second-order valence-corrected chi connectivity index (χ2v) is 14.1. The molecule has 19 heteroatoms. The molecule has 0 bridgehead atoms. The first-order chi connectivity index (χ1) is 25.3. The van der Waals surface area contributed by atoms with Crippen molar-refractivity contribution in [1.82, 2.24) is 40.4 Å². The molecule has 0 aliphatic carbocycles. The maximum absolute atomic E-state index is 13.9. The highest BCUT2D eigenvalue weighted by atomic mass is 32.2. The van der Waals surface area contributed by atoms with Gasteiger partial charge in [-0.1, -0.05) is 6.42 Å². The van der Waals surface area contributed by atoms with Gasteiger partial charge in [0, 0.05) is 43.5 Å². The van der Waals surface area contributed by atoms with E-state index >= 15 is 0 Å². The van der Waals surface area contributed by atoms with Crippen molar-refractivity contribution in [3.05, 3.63) is 39.1 Å². The monoisotopic (exact) mass is 766 g/mol. The minimum absolute atomic E-state index is 0.0188. The van der Waals surface area contributed by atoms with Gasteiger partial charge in [-0.05, 0) is 49.7 Å².